The second-order valence-electron chi connectivity index (χ2n) is 3.87. The lowest BCUT2D eigenvalue weighted by molar-refractivity contribution is 0.0522. The van der Waals surface area contributed by atoms with Crippen molar-refractivity contribution in [3.8, 4) is 11.6 Å². The van der Waals surface area contributed by atoms with Gasteiger partial charge in [0.1, 0.15) is 5.56 Å². The summed E-state index contributed by atoms with van der Waals surface area (Å²) in [5, 5.41) is 0. The maximum absolute atomic E-state index is 13.5. The molecule has 1 heterocycles. The molecule has 0 saturated heterocycles. The molecule has 0 amide bonds. The SMILES string of the molecule is CCOC(=O)c1cc(N)cnc1Oc1ccccc1F. The maximum Gasteiger partial charge on any atom is 0.343 e. The van der Waals surface area contributed by atoms with Gasteiger partial charge in [-0.15, -0.1) is 0 Å². The van der Waals surface area contributed by atoms with Gasteiger partial charge >= 0.3 is 5.97 Å². The molecule has 20 heavy (non-hydrogen) atoms. The van der Waals surface area contributed by atoms with Gasteiger partial charge in [0.25, 0.3) is 0 Å². The minimum absolute atomic E-state index is 0.0321. The number of rotatable bonds is 4. The van der Waals surface area contributed by atoms with E-state index in [0.717, 1.165) is 0 Å². The molecule has 0 unspecified atom stereocenters. The number of nitrogens with two attached hydrogens (primary N) is 1. The minimum atomic E-state index is -0.626. The van der Waals surface area contributed by atoms with E-state index >= 15 is 0 Å². The molecule has 2 rings (SSSR count). The van der Waals surface area contributed by atoms with Gasteiger partial charge in [0.2, 0.25) is 5.88 Å². The number of nitrogens with zero attached hydrogens (tertiary/aromatic N) is 1. The number of anilines is 1. The van der Waals surface area contributed by atoms with Gasteiger partial charge in [-0.2, -0.15) is 0 Å². The van der Waals surface area contributed by atoms with Crippen molar-refractivity contribution in [1.82, 2.24) is 4.98 Å². The summed E-state index contributed by atoms with van der Waals surface area (Å²) in [6, 6.07) is 7.20. The highest BCUT2D eigenvalue weighted by Crippen LogP contribution is 2.27. The van der Waals surface area contributed by atoms with Crippen molar-refractivity contribution in [3.63, 3.8) is 0 Å². The van der Waals surface area contributed by atoms with Crippen LogP contribution in [0.4, 0.5) is 10.1 Å². The highest BCUT2D eigenvalue weighted by atomic mass is 19.1. The van der Waals surface area contributed by atoms with Gasteiger partial charge in [-0.05, 0) is 25.1 Å². The van der Waals surface area contributed by atoms with Gasteiger partial charge in [-0.1, -0.05) is 12.1 Å². The average Bonchev–Trinajstić information content (AvgIpc) is 2.43. The summed E-state index contributed by atoms with van der Waals surface area (Å²) in [6.07, 6.45) is 1.32. The molecule has 0 atom stereocenters. The molecule has 104 valence electrons. The van der Waals surface area contributed by atoms with Crippen molar-refractivity contribution in [3.05, 3.63) is 47.9 Å². The van der Waals surface area contributed by atoms with E-state index in [4.69, 9.17) is 15.2 Å². The largest absolute Gasteiger partial charge is 0.462 e. The zero-order valence-electron chi connectivity index (χ0n) is 10.8. The topological polar surface area (TPSA) is 74.4 Å². The fraction of sp³-hybridized carbons (Fsp3) is 0.143. The van der Waals surface area contributed by atoms with E-state index < -0.39 is 11.8 Å². The van der Waals surface area contributed by atoms with Crippen LogP contribution in [0.1, 0.15) is 17.3 Å². The fourth-order valence-electron chi connectivity index (χ4n) is 1.54. The minimum Gasteiger partial charge on any atom is -0.462 e. The Hall–Kier alpha value is -2.63. The van der Waals surface area contributed by atoms with Crippen LogP contribution >= 0.6 is 0 Å². The van der Waals surface area contributed by atoms with Gasteiger partial charge in [-0.25, -0.2) is 14.2 Å². The van der Waals surface area contributed by atoms with Gasteiger partial charge in [0, 0.05) is 0 Å². The zero-order valence-corrected chi connectivity index (χ0v) is 10.8. The summed E-state index contributed by atoms with van der Waals surface area (Å²) in [6.45, 7) is 1.88. The first-order valence-corrected chi connectivity index (χ1v) is 5.97. The van der Waals surface area contributed by atoms with E-state index in [0.29, 0.717) is 0 Å². The number of pyridine rings is 1. The standard InChI is InChI=1S/C14H13FN2O3/c1-2-19-14(18)10-7-9(16)8-17-13(10)20-12-6-4-3-5-11(12)15/h3-8H,2,16H2,1H3. The number of halogens is 1. The molecule has 0 spiro atoms. The van der Waals surface area contributed by atoms with Crippen LogP contribution in [0.2, 0.25) is 0 Å². The quantitative estimate of drug-likeness (QED) is 0.869. The number of benzene rings is 1. The Bertz CT molecular complexity index is 632. The van der Waals surface area contributed by atoms with E-state index in [1.54, 1.807) is 13.0 Å². The van der Waals surface area contributed by atoms with Crippen molar-refractivity contribution in [2.45, 2.75) is 6.92 Å². The van der Waals surface area contributed by atoms with E-state index in [1.807, 2.05) is 0 Å². The molecule has 0 aliphatic heterocycles. The Morgan fingerprint density at radius 1 is 1.40 bits per heavy atom. The summed E-state index contributed by atoms with van der Waals surface area (Å²) in [7, 11) is 0. The third kappa shape index (κ3) is 3.03. The maximum atomic E-state index is 13.5. The van der Waals surface area contributed by atoms with Crippen LogP contribution < -0.4 is 10.5 Å². The Labute approximate surface area is 115 Å². The number of esters is 1. The number of nitrogen functional groups attached to an aromatic ring is 1. The lowest BCUT2D eigenvalue weighted by atomic mass is 10.2. The Balaban J connectivity index is 2.36. The van der Waals surface area contributed by atoms with Crippen LogP contribution in [0.25, 0.3) is 0 Å². The lowest BCUT2D eigenvalue weighted by Crippen LogP contribution is -2.08. The number of carbonyl (C=O) groups is 1. The molecule has 1 aromatic carbocycles. The van der Waals surface area contributed by atoms with Crippen molar-refractivity contribution < 1.29 is 18.7 Å². The summed E-state index contributed by atoms with van der Waals surface area (Å²) >= 11 is 0. The fourth-order valence-corrected chi connectivity index (χ4v) is 1.54. The second kappa shape index (κ2) is 6.01. The Morgan fingerprint density at radius 3 is 2.85 bits per heavy atom. The number of carbonyl (C=O) groups excluding carboxylic acids is 1. The summed E-state index contributed by atoms with van der Waals surface area (Å²) in [5.74, 6) is -1.27. The van der Waals surface area contributed by atoms with Crippen LogP contribution in [-0.4, -0.2) is 17.6 Å². The molecule has 5 nitrogen and oxygen atoms in total. The van der Waals surface area contributed by atoms with E-state index in [9.17, 15) is 9.18 Å². The first kappa shape index (κ1) is 13.8. The number of hydrogen-bond donors (Lipinski definition) is 1. The highest BCUT2D eigenvalue weighted by molar-refractivity contribution is 5.92. The van der Waals surface area contributed by atoms with Gasteiger partial charge < -0.3 is 15.2 Å². The first-order chi connectivity index (χ1) is 9.61. The third-order valence-corrected chi connectivity index (χ3v) is 2.41. The zero-order chi connectivity index (χ0) is 14.5. The van der Waals surface area contributed by atoms with Gasteiger partial charge in [0.05, 0.1) is 18.5 Å². The van der Waals surface area contributed by atoms with Crippen LogP contribution in [0.3, 0.4) is 0 Å². The van der Waals surface area contributed by atoms with Gasteiger partial charge in [0.15, 0.2) is 11.6 Å². The Morgan fingerprint density at radius 2 is 2.15 bits per heavy atom. The molecule has 0 fully saturated rings. The molecule has 6 heteroatoms. The molecule has 0 bridgehead atoms. The molecule has 2 N–H and O–H groups in total. The lowest BCUT2D eigenvalue weighted by Gasteiger charge is -2.10. The molecule has 1 aromatic heterocycles. The van der Waals surface area contributed by atoms with E-state index in [-0.39, 0.29) is 29.5 Å². The third-order valence-electron chi connectivity index (χ3n) is 2.41. The number of para-hydroxylation sites is 1. The average molecular weight is 276 g/mol. The number of ether oxygens (including phenoxy) is 2. The monoisotopic (exact) mass is 276 g/mol. The predicted molar refractivity (Wildman–Crippen MR) is 71.1 cm³/mol. The van der Waals surface area contributed by atoms with Crippen molar-refractivity contribution in [1.29, 1.82) is 0 Å². The molecular weight excluding hydrogens is 263 g/mol. The molecule has 0 radical (unpaired) electrons. The van der Waals surface area contributed by atoms with E-state index in [1.165, 1.54) is 30.5 Å². The molecular formula is C14H13FN2O3. The Kier molecular flexibility index (Phi) is 4.14. The van der Waals surface area contributed by atoms with Gasteiger partial charge in [-0.3, -0.25) is 0 Å². The highest BCUT2D eigenvalue weighted by Gasteiger charge is 2.17. The number of aromatic nitrogens is 1. The molecule has 2 aromatic rings. The molecule has 0 aliphatic carbocycles. The molecule has 0 saturated carbocycles. The second-order valence-corrected chi connectivity index (χ2v) is 3.87. The van der Waals surface area contributed by atoms with Crippen LogP contribution in [0.15, 0.2) is 36.5 Å². The van der Waals surface area contributed by atoms with Crippen molar-refractivity contribution in [2.75, 3.05) is 12.3 Å². The summed E-state index contributed by atoms with van der Waals surface area (Å²) in [5.41, 5.74) is 5.92. The normalized spacial score (nSPS) is 10.1. The smallest absolute Gasteiger partial charge is 0.343 e. The van der Waals surface area contributed by atoms with Crippen LogP contribution in [-0.2, 0) is 4.74 Å². The van der Waals surface area contributed by atoms with Crippen molar-refractivity contribution >= 4 is 11.7 Å². The summed E-state index contributed by atoms with van der Waals surface area (Å²) < 4.78 is 23.7. The molecule has 0 aliphatic rings. The van der Waals surface area contributed by atoms with Crippen LogP contribution in [0, 0.1) is 5.82 Å². The first-order valence-electron chi connectivity index (χ1n) is 5.97. The predicted octanol–water partition coefficient (Wildman–Crippen LogP) is 2.77. The van der Waals surface area contributed by atoms with E-state index in [2.05, 4.69) is 4.98 Å². The number of hydrogen-bond acceptors (Lipinski definition) is 5. The van der Waals surface area contributed by atoms with Crippen molar-refractivity contribution in [2.24, 2.45) is 0 Å². The summed E-state index contributed by atoms with van der Waals surface area (Å²) in [4.78, 5) is 15.7. The van der Waals surface area contributed by atoms with Crippen LogP contribution in [0.5, 0.6) is 11.6 Å².